The highest BCUT2D eigenvalue weighted by molar-refractivity contribution is 7.11. The molecule has 20 heavy (non-hydrogen) atoms. The minimum Gasteiger partial charge on any atom is -0.338 e. The van der Waals surface area contributed by atoms with E-state index in [-0.39, 0.29) is 5.91 Å². The summed E-state index contributed by atoms with van der Waals surface area (Å²) in [5, 5.41) is 10.4. The van der Waals surface area contributed by atoms with E-state index in [0.29, 0.717) is 5.92 Å². The van der Waals surface area contributed by atoms with E-state index in [0.717, 1.165) is 41.5 Å². The molecule has 1 atom stereocenters. The first-order chi connectivity index (χ1) is 9.74. The number of carbonyl (C=O) groups is 1. The Bertz CT molecular complexity index is 596. The van der Waals surface area contributed by atoms with Crippen LogP contribution < -0.4 is 0 Å². The molecule has 1 aliphatic heterocycles. The summed E-state index contributed by atoms with van der Waals surface area (Å²) < 4.78 is 0. The van der Waals surface area contributed by atoms with Gasteiger partial charge in [0.1, 0.15) is 10.0 Å². The predicted molar refractivity (Wildman–Crippen MR) is 79.0 cm³/mol. The maximum absolute atomic E-state index is 12.5. The number of nitrogens with zero attached hydrogens (tertiary/aromatic N) is 3. The number of carbonyl (C=O) groups excluding carboxylic acids is 1. The lowest BCUT2D eigenvalue weighted by Crippen LogP contribution is -2.39. The van der Waals surface area contributed by atoms with Crippen molar-refractivity contribution in [3.8, 4) is 0 Å². The van der Waals surface area contributed by atoms with Crippen molar-refractivity contribution in [2.24, 2.45) is 0 Å². The van der Waals surface area contributed by atoms with Crippen molar-refractivity contribution in [2.45, 2.75) is 25.7 Å². The van der Waals surface area contributed by atoms with Gasteiger partial charge >= 0.3 is 0 Å². The van der Waals surface area contributed by atoms with Gasteiger partial charge in [-0.1, -0.05) is 18.2 Å². The Hall–Kier alpha value is -1.75. The first-order valence-electron chi connectivity index (χ1n) is 6.88. The van der Waals surface area contributed by atoms with Gasteiger partial charge in [0.15, 0.2) is 0 Å². The summed E-state index contributed by atoms with van der Waals surface area (Å²) in [6.07, 6.45) is 2.12. The van der Waals surface area contributed by atoms with Crippen molar-refractivity contribution in [3.05, 3.63) is 45.9 Å². The van der Waals surface area contributed by atoms with Crippen LogP contribution in [0.3, 0.4) is 0 Å². The van der Waals surface area contributed by atoms with E-state index in [2.05, 4.69) is 10.2 Å². The Kier molecular flexibility index (Phi) is 3.78. The lowest BCUT2D eigenvalue weighted by molar-refractivity contribution is 0.0707. The monoisotopic (exact) mass is 287 g/mol. The average Bonchev–Trinajstić information content (AvgIpc) is 2.94. The molecule has 5 heteroatoms. The first kappa shape index (κ1) is 13.2. The van der Waals surface area contributed by atoms with E-state index >= 15 is 0 Å². The second kappa shape index (κ2) is 5.71. The third kappa shape index (κ3) is 2.72. The molecule has 104 valence electrons. The Morgan fingerprint density at radius 2 is 2.10 bits per heavy atom. The zero-order valence-corrected chi connectivity index (χ0v) is 12.3. The normalized spacial score (nSPS) is 19.1. The quantitative estimate of drug-likeness (QED) is 0.853. The topological polar surface area (TPSA) is 46.1 Å². The maximum Gasteiger partial charge on any atom is 0.253 e. The number of hydrogen-bond donors (Lipinski definition) is 0. The fraction of sp³-hybridized carbons (Fsp3) is 0.400. The zero-order valence-electron chi connectivity index (χ0n) is 11.5. The molecule has 3 rings (SSSR count). The van der Waals surface area contributed by atoms with Crippen molar-refractivity contribution >= 4 is 17.2 Å². The summed E-state index contributed by atoms with van der Waals surface area (Å²) in [5.41, 5.74) is 0.765. The Labute approximate surface area is 122 Å². The molecule has 1 amide bonds. The van der Waals surface area contributed by atoms with Crippen LogP contribution in [0.4, 0.5) is 0 Å². The molecule has 2 aromatic rings. The van der Waals surface area contributed by atoms with Gasteiger partial charge in [-0.25, -0.2) is 0 Å². The van der Waals surface area contributed by atoms with Crippen molar-refractivity contribution in [2.75, 3.05) is 13.1 Å². The van der Waals surface area contributed by atoms with Crippen molar-refractivity contribution in [1.82, 2.24) is 15.1 Å². The van der Waals surface area contributed by atoms with Crippen LogP contribution in [0.2, 0.25) is 0 Å². The Morgan fingerprint density at radius 3 is 2.80 bits per heavy atom. The summed E-state index contributed by atoms with van der Waals surface area (Å²) >= 11 is 1.64. The molecule has 2 heterocycles. The summed E-state index contributed by atoms with van der Waals surface area (Å²) in [6, 6.07) is 9.49. The largest absolute Gasteiger partial charge is 0.338 e. The van der Waals surface area contributed by atoms with Gasteiger partial charge in [-0.3, -0.25) is 4.79 Å². The SMILES string of the molecule is Cc1nnc([C@H]2CCCN(C(=O)c3ccccc3)C2)s1. The van der Waals surface area contributed by atoms with E-state index in [1.807, 2.05) is 42.2 Å². The van der Waals surface area contributed by atoms with Crippen molar-refractivity contribution < 1.29 is 4.79 Å². The molecule has 0 N–H and O–H groups in total. The van der Waals surface area contributed by atoms with Crippen LogP contribution in [-0.4, -0.2) is 34.1 Å². The van der Waals surface area contributed by atoms with Crippen molar-refractivity contribution in [1.29, 1.82) is 0 Å². The molecular weight excluding hydrogens is 270 g/mol. The number of amides is 1. The molecule has 0 aliphatic carbocycles. The number of hydrogen-bond acceptors (Lipinski definition) is 4. The highest BCUT2D eigenvalue weighted by atomic mass is 32.1. The van der Waals surface area contributed by atoms with Gasteiger partial charge in [0.05, 0.1) is 0 Å². The highest BCUT2D eigenvalue weighted by Crippen LogP contribution is 2.29. The summed E-state index contributed by atoms with van der Waals surface area (Å²) in [7, 11) is 0. The number of piperidine rings is 1. The third-order valence-electron chi connectivity index (χ3n) is 3.62. The molecule has 0 spiro atoms. The Morgan fingerprint density at radius 1 is 1.30 bits per heavy atom. The average molecular weight is 287 g/mol. The number of likely N-dealkylation sites (tertiary alicyclic amines) is 1. The van der Waals surface area contributed by atoms with Crippen molar-refractivity contribution in [3.63, 3.8) is 0 Å². The molecule has 1 fully saturated rings. The standard InChI is InChI=1S/C15H17N3OS/c1-11-16-17-14(20-11)13-8-5-9-18(10-13)15(19)12-6-3-2-4-7-12/h2-4,6-7,13H,5,8-10H2,1H3/t13-/m0/s1. The van der Waals surface area contributed by atoms with E-state index in [9.17, 15) is 4.79 Å². The minimum atomic E-state index is 0.122. The van der Waals surface area contributed by atoms with Crippen LogP contribution in [0.5, 0.6) is 0 Å². The minimum absolute atomic E-state index is 0.122. The number of benzene rings is 1. The molecular formula is C15H17N3OS. The fourth-order valence-corrected chi connectivity index (χ4v) is 3.43. The van der Waals surface area contributed by atoms with Crippen LogP contribution in [0.1, 0.15) is 39.1 Å². The smallest absolute Gasteiger partial charge is 0.253 e. The van der Waals surface area contributed by atoms with Gasteiger partial charge in [-0.15, -0.1) is 21.5 Å². The number of aromatic nitrogens is 2. The second-order valence-corrected chi connectivity index (χ2v) is 6.33. The number of aryl methyl sites for hydroxylation is 1. The van der Waals surface area contributed by atoms with Crippen LogP contribution in [0, 0.1) is 6.92 Å². The first-order valence-corrected chi connectivity index (χ1v) is 7.70. The fourth-order valence-electron chi connectivity index (χ4n) is 2.60. The lowest BCUT2D eigenvalue weighted by atomic mass is 9.98. The van der Waals surface area contributed by atoms with Gasteiger partial charge in [-0.05, 0) is 31.9 Å². The van der Waals surface area contributed by atoms with Crippen LogP contribution in [-0.2, 0) is 0 Å². The summed E-state index contributed by atoms with van der Waals surface area (Å²) in [5.74, 6) is 0.458. The number of rotatable bonds is 2. The maximum atomic E-state index is 12.5. The van der Waals surface area contributed by atoms with Crippen LogP contribution in [0.15, 0.2) is 30.3 Å². The second-order valence-electron chi connectivity index (χ2n) is 5.12. The Balaban J connectivity index is 1.74. The molecule has 1 aromatic heterocycles. The molecule has 0 saturated carbocycles. The van der Waals surface area contributed by atoms with Gasteiger partial charge in [-0.2, -0.15) is 0 Å². The molecule has 0 unspecified atom stereocenters. The van der Waals surface area contributed by atoms with Crippen LogP contribution in [0.25, 0.3) is 0 Å². The van der Waals surface area contributed by atoms with Gasteiger partial charge in [0.25, 0.3) is 5.91 Å². The third-order valence-corrected chi connectivity index (χ3v) is 4.62. The molecule has 1 saturated heterocycles. The van der Waals surface area contributed by atoms with E-state index in [1.165, 1.54) is 0 Å². The highest BCUT2D eigenvalue weighted by Gasteiger charge is 2.27. The zero-order chi connectivity index (χ0) is 13.9. The summed E-state index contributed by atoms with van der Waals surface area (Å²) in [4.78, 5) is 14.4. The van der Waals surface area contributed by atoms with E-state index in [1.54, 1.807) is 11.3 Å². The molecule has 1 aliphatic rings. The molecule has 4 nitrogen and oxygen atoms in total. The van der Waals surface area contributed by atoms with Crippen LogP contribution >= 0.6 is 11.3 Å². The van der Waals surface area contributed by atoms with E-state index in [4.69, 9.17) is 0 Å². The van der Waals surface area contributed by atoms with Gasteiger partial charge in [0, 0.05) is 24.6 Å². The molecule has 0 bridgehead atoms. The van der Waals surface area contributed by atoms with Gasteiger partial charge < -0.3 is 4.90 Å². The van der Waals surface area contributed by atoms with E-state index < -0.39 is 0 Å². The lowest BCUT2D eigenvalue weighted by Gasteiger charge is -2.31. The molecule has 0 radical (unpaired) electrons. The van der Waals surface area contributed by atoms with Gasteiger partial charge in [0.2, 0.25) is 0 Å². The summed E-state index contributed by atoms with van der Waals surface area (Å²) in [6.45, 7) is 3.56. The predicted octanol–water partition coefficient (Wildman–Crippen LogP) is 2.87. The molecule has 1 aromatic carbocycles.